The van der Waals surface area contributed by atoms with Gasteiger partial charge in [0, 0.05) is 47.2 Å². The van der Waals surface area contributed by atoms with Crippen LogP contribution in [0.4, 0.5) is 0 Å². The number of carbonyl (C=O) groups excluding carboxylic acids is 2. The normalized spacial score (nSPS) is 20.2. The lowest BCUT2D eigenvalue weighted by Crippen LogP contribution is -3.00. The van der Waals surface area contributed by atoms with E-state index in [1.807, 2.05) is 32.1 Å². The molecular formula is C52H80I4N8O5. The lowest BCUT2D eigenvalue weighted by atomic mass is 9.86. The minimum atomic E-state index is -0.395. The molecule has 8 bridgehead atoms. The van der Waals surface area contributed by atoms with Crippen molar-refractivity contribution in [3.05, 3.63) is 91.5 Å². The molecule has 69 heavy (non-hydrogen) atoms. The van der Waals surface area contributed by atoms with Crippen molar-refractivity contribution in [1.29, 1.82) is 0 Å². The number of halogens is 4. The second-order valence-corrected chi connectivity index (χ2v) is 23.4. The molecule has 1 aliphatic carbocycles. The Kier molecular flexibility index (Phi) is 22.5. The minimum Gasteiger partial charge on any atom is -1.00 e. The minimum absolute atomic E-state index is 0. The monoisotopic (exact) mass is 1400 g/mol. The molecule has 0 aromatic heterocycles. The summed E-state index contributed by atoms with van der Waals surface area (Å²) in [6.07, 6.45) is 7.88. The molecule has 1 saturated heterocycles. The highest BCUT2D eigenvalue weighted by Gasteiger charge is 2.42. The molecule has 6 rings (SSSR count). The predicted molar refractivity (Wildman–Crippen MR) is 262 cm³/mol. The maximum Gasteiger partial charge on any atom is 0.340 e. The van der Waals surface area contributed by atoms with Crippen LogP contribution in [0.3, 0.4) is 0 Å². The van der Waals surface area contributed by atoms with E-state index in [4.69, 9.17) is 24.5 Å². The van der Waals surface area contributed by atoms with E-state index in [1.54, 1.807) is 0 Å². The molecular weight excluding hydrogens is 1320 g/mol. The maximum atomic E-state index is 14.5. The number of hydrogen-bond donors (Lipinski definition) is 2. The molecule has 2 atom stereocenters. The molecule has 0 aromatic carbocycles. The van der Waals surface area contributed by atoms with E-state index in [9.17, 15) is 14.7 Å². The van der Waals surface area contributed by atoms with E-state index in [1.165, 1.54) is 0 Å². The van der Waals surface area contributed by atoms with Crippen LogP contribution in [0.25, 0.3) is 0 Å². The summed E-state index contributed by atoms with van der Waals surface area (Å²) in [5.41, 5.74) is 12.0. The van der Waals surface area contributed by atoms with Crippen LogP contribution in [0.15, 0.2) is 106 Å². The van der Waals surface area contributed by atoms with Crippen molar-refractivity contribution >= 4 is 29.1 Å². The first kappa shape index (κ1) is 63.3. The molecule has 5 aliphatic heterocycles. The highest BCUT2D eigenvalue weighted by molar-refractivity contribution is 6.22. The zero-order chi connectivity index (χ0) is 48.1. The standard InChI is InChI=1S/C52H78N8O5.4HI/c1-18-37-31(2)40-24-45-48(52(63)65-30-36(27-59(12,13)14)28-60(15,16)17)33(4)42(54-45)22-41-32(3)38(19-20-47(62)64-29-35(25-57(6,7)8)26-58(9,10)11)50(55-41)39-21-46(61)49-34(5)43(56-51(39)49)23-44(37)53-40;;;;/h22-24,32,35-36,38H,18-21,25-30H2,1-17H3;4*1H/q+2;;;;/p-2/t32-,38-;;;;/m0..../s1. The van der Waals surface area contributed by atoms with Gasteiger partial charge in [-0.1, -0.05) is 13.8 Å². The summed E-state index contributed by atoms with van der Waals surface area (Å²) in [5.74, 6) is -0.114. The van der Waals surface area contributed by atoms with Crippen LogP contribution in [-0.4, -0.2) is 176 Å². The number of fused-ring (bicyclic) bond motifs is 5. The summed E-state index contributed by atoms with van der Waals surface area (Å²) in [7, 11) is 26.1. The van der Waals surface area contributed by atoms with E-state index < -0.39 is 5.97 Å². The first-order chi connectivity index (χ1) is 30.0. The van der Waals surface area contributed by atoms with Crippen molar-refractivity contribution in [3.8, 4) is 0 Å². The van der Waals surface area contributed by atoms with Gasteiger partial charge in [0.2, 0.25) is 0 Å². The third-order valence-corrected chi connectivity index (χ3v) is 13.1. The second kappa shape index (κ2) is 24.5. The quantitative estimate of drug-likeness (QED) is 0.0854. The van der Waals surface area contributed by atoms with Crippen molar-refractivity contribution in [1.82, 2.24) is 5.32 Å². The van der Waals surface area contributed by atoms with Crippen LogP contribution in [0.1, 0.15) is 60.3 Å². The lowest BCUT2D eigenvalue weighted by molar-refractivity contribution is -0.896. The lowest BCUT2D eigenvalue weighted by Gasteiger charge is -2.33. The number of esters is 2. The zero-order valence-electron chi connectivity index (χ0n) is 44.3. The second-order valence-electron chi connectivity index (χ2n) is 23.4. The van der Waals surface area contributed by atoms with Crippen molar-refractivity contribution < 1.29 is 138 Å². The van der Waals surface area contributed by atoms with Crippen molar-refractivity contribution in [3.63, 3.8) is 0 Å². The van der Waals surface area contributed by atoms with E-state index >= 15 is 0 Å². The van der Waals surface area contributed by atoms with Gasteiger partial charge in [0.25, 0.3) is 0 Å². The van der Waals surface area contributed by atoms with Crippen molar-refractivity contribution in [2.45, 2.75) is 60.3 Å². The Morgan fingerprint density at radius 3 is 1.74 bits per heavy atom. The largest absolute Gasteiger partial charge is 1.00 e. The molecule has 0 amide bonds. The van der Waals surface area contributed by atoms with Gasteiger partial charge in [-0.25, -0.2) is 19.8 Å². The van der Waals surface area contributed by atoms with E-state index in [0.29, 0.717) is 48.8 Å². The smallest absolute Gasteiger partial charge is 0.340 e. The number of quaternary nitrogens is 4. The molecule has 0 radical (unpaired) electrons. The maximum absolute atomic E-state index is 14.5. The summed E-state index contributed by atoms with van der Waals surface area (Å²) in [6.45, 7) is 14.5. The zero-order valence-corrected chi connectivity index (χ0v) is 53.0. The third kappa shape index (κ3) is 15.9. The average Bonchev–Trinajstić information content (AvgIpc) is 3.91. The Bertz CT molecular complexity index is 2340. The van der Waals surface area contributed by atoms with Gasteiger partial charge >= 0.3 is 11.9 Å². The fourth-order valence-electron chi connectivity index (χ4n) is 10.6. The fraction of sp³-hybridized carbons (Fsp3) is 0.596. The highest BCUT2D eigenvalue weighted by Crippen LogP contribution is 2.46. The summed E-state index contributed by atoms with van der Waals surface area (Å²) < 4.78 is 15.4. The van der Waals surface area contributed by atoms with Gasteiger partial charge in [0.15, 0.2) is 0 Å². The summed E-state index contributed by atoms with van der Waals surface area (Å²) in [4.78, 5) is 43.7. The summed E-state index contributed by atoms with van der Waals surface area (Å²) >= 11 is 0. The number of aliphatic hydroxyl groups excluding tert-OH is 1. The van der Waals surface area contributed by atoms with Crippen molar-refractivity contribution in [2.75, 3.05) is 124 Å². The van der Waals surface area contributed by atoms with Gasteiger partial charge in [-0.2, -0.15) is 0 Å². The molecule has 5 heterocycles. The number of carbonyl (C=O) groups is 2. The van der Waals surface area contributed by atoms with Gasteiger partial charge < -0.3 is 134 Å². The van der Waals surface area contributed by atoms with Gasteiger partial charge in [-0.05, 0) is 74.1 Å². The molecule has 0 unspecified atom stereocenters. The Morgan fingerprint density at radius 1 is 0.710 bits per heavy atom. The van der Waals surface area contributed by atoms with E-state index in [-0.39, 0.29) is 132 Å². The van der Waals surface area contributed by atoms with Crippen LogP contribution in [-0.2, 0) is 19.1 Å². The van der Waals surface area contributed by atoms with Crippen molar-refractivity contribution in [2.24, 2.45) is 38.6 Å². The molecule has 17 heteroatoms. The van der Waals surface area contributed by atoms with Gasteiger partial charge in [-0.15, -0.1) is 0 Å². The van der Waals surface area contributed by atoms with Crippen LogP contribution in [0, 0.1) is 23.7 Å². The van der Waals surface area contributed by atoms with Crippen LogP contribution >= 0.6 is 0 Å². The molecule has 6 aliphatic rings. The number of nitrogens with one attached hydrogen (secondary N) is 1. The predicted octanol–water partition coefficient (Wildman–Crippen LogP) is -5.40. The van der Waals surface area contributed by atoms with Crippen LogP contribution in [0.5, 0.6) is 0 Å². The average molecular weight is 1400 g/mol. The topological polar surface area (TPSA) is 122 Å². The molecule has 386 valence electrons. The number of aliphatic imine (C=N–C) groups is 3. The number of ether oxygens (including phenoxy) is 2. The molecule has 0 saturated carbocycles. The van der Waals surface area contributed by atoms with Gasteiger partial charge in [0.1, 0.15) is 19.0 Å². The Hall–Kier alpha value is -1.77. The Morgan fingerprint density at radius 2 is 1.22 bits per heavy atom. The number of nitrogens with zero attached hydrogens (tertiary/aromatic N) is 7. The molecule has 1 fully saturated rings. The SMILES string of the molecule is CCC1=C(C)C2=NC1=CC1=C(C)C3=C(O)CC(=C4NC(=CC5=NC(=C2)C(C(=O)OCC(C[N+](C)(C)C)C[N+](C)(C)C)=C5C)[C@@H](C)[C@@H]4CCC(=O)OCC(C[N+](C)(C)C)C[N+](C)(C)C)C3=N1.[I-].[I-].[I-].[I-]. The van der Waals surface area contributed by atoms with Gasteiger partial charge in [0.05, 0.1) is 162 Å². The fourth-order valence-corrected chi connectivity index (χ4v) is 10.6. The first-order valence-electron chi connectivity index (χ1n) is 23.5. The Labute approximate surface area is 482 Å². The number of allylic oxidation sites excluding steroid dienone is 11. The number of rotatable bonds is 17. The van der Waals surface area contributed by atoms with E-state index in [2.05, 4.69) is 111 Å². The van der Waals surface area contributed by atoms with Crippen LogP contribution in [0.2, 0.25) is 0 Å². The number of aliphatic hydroxyl groups is 1. The molecule has 2 N–H and O–H groups in total. The van der Waals surface area contributed by atoms with Crippen LogP contribution < -0.4 is 101 Å². The Balaban J connectivity index is 0.00000408. The first-order valence-corrected chi connectivity index (χ1v) is 23.5. The molecule has 0 spiro atoms. The molecule has 13 nitrogen and oxygen atoms in total. The molecule has 0 aromatic rings. The summed E-state index contributed by atoms with van der Waals surface area (Å²) in [5, 5.41) is 15.4. The third-order valence-electron chi connectivity index (χ3n) is 13.1. The number of hydrogen-bond acceptors (Lipinski definition) is 9. The highest BCUT2D eigenvalue weighted by atomic mass is 127. The van der Waals surface area contributed by atoms with Gasteiger partial charge in [-0.3, -0.25) is 4.79 Å². The summed E-state index contributed by atoms with van der Waals surface area (Å²) in [6, 6.07) is 0. The van der Waals surface area contributed by atoms with E-state index in [0.717, 1.165) is 118 Å².